The van der Waals surface area contributed by atoms with Gasteiger partial charge in [0.05, 0.1) is 0 Å². The lowest BCUT2D eigenvalue weighted by Gasteiger charge is -2.32. The van der Waals surface area contributed by atoms with Crippen LogP contribution in [-0.2, 0) is 9.59 Å². The van der Waals surface area contributed by atoms with E-state index in [4.69, 9.17) is 0 Å². The predicted molar refractivity (Wildman–Crippen MR) is 102 cm³/mol. The second-order valence-electron chi connectivity index (χ2n) is 7.51. The summed E-state index contributed by atoms with van der Waals surface area (Å²) in [5.41, 5.74) is 0.704. The van der Waals surface area contributed by atoms with E-state index in [-0.39, 0.29) is 29.3 Å². The molecule has 1 fully saturated rings. The molecule has 0 bridgehead atoms. The number of benzene rings is 1. The fraction of sp³-hybridized carbons (Fsp3) is 0.524. The summed E-state index contributed by atoms with van der Waals surface area (Å²) in [4.78, 5) is 24.3. The summed E-state index contributed by atoms with van der Waals surface area (Å²) in [5, 5.41) is 6.23. The molecule has 2 N–H and O–H groups in total. The van der Waals surface area contributed by atoms with Crippen LogP contribution in [0.2, 0.25) is 0 Å². The van der Waals surface area contributed by atoms with Gasteiger partial charge in [-0.05, 0) is 43.7 Å². The van der Waals surface area contributed by atoms with Crippen LogP contribution in [0.5, 0.6) is 0 Å². The number of carbonyl (C=O) groups excluding carboxylic acids is 2. The van der Waals surface area contributed by atoms with Crippen LogP contribution in [0.4, 0.5) is 0 Å². The molecule has 25 heavy (non-hydrogen) atoms. The largest absolute Gasteiger partial charge is 0.353 e. The van der Waals surface area contributed by atoms with Gasteiger partial charge >= 0.3 is 0 Å². The number of hydrogen-bond donors (Lipinski definition) is 2. The summed E-state index contributed by atoms with van der Waals surface area (Å²) in [5.74, 6) is 0.0803. The Morgan fingerprint density at radius 3 is 2.16 bits per heavy atom. The van der Waals surface area contributed by atoms with E-state index in [1.165, 1.54) is 0 Å². The second-order valence-corrected chi connectivity index (χ2v) is 7.51. The molecule has 1 aliphatic carbocycles. The predicted octanol–water partition coefficient (Wildman–Crippen LogP) is 3.68. The molecule has 1 aliphatic rings. The van der Waals surface area contributed by atoms with Crippen molar-refractivity contribution in [3.63, 3.8) is 0 Å². The molecule has 0 radical (unpaired) electrons. The lowest BCUT2D eigenvalue weighted by molar-refractivity contribution is -0.130. The van der Waals surface area contributed by atoms with Gasteiger partial charge in [-0.25, -0.2) is 0 Å². The average Bonchev–Trinajstić information content (AvgIpc) is 2.62. The molecule has 2 rings (SSSR count). The fourth-order valence-electron chi connectivity index (χ4n) is 2.91. The molecule has 136 valence electrons. The minimum atomic E-state index is -0.312. The van der Waals surface area contributed by atoms with E-state index in [1.54, 1.807) is 6.08 Å². The van der Waals surface area contributed by atoms with Crippen molar-refractivity contribution in [1.29, 1.82) is 0 Å². The summed E-state index contributed by atoms with van der Waals surface area (Å²) >= 11 is 0. The first-order chi connectivity index (χ1) is 11.9. The number of carbonyl (C=O) groups is 2. The van der Waals surface area contributed by atoms with Crippen molar-refractivity contribution in [2.75, 3.05) is 0 Å². The van der Waals surface area contributed by atoms with Crippen LogP contribution in [0.1, 0.15) is 58.4 Å². The lowest BCUT2D eigenvalue weighted by atomic mass is 9.86. The first kappa shape index (κ1) is 19.2. The molecule has 0 spiro atoms. The molecule has 4 nitrogen and oxygen atoms in total. The zero-order valence-corrected chi connectivity index (χ0v) is 15.5. The van der Waals surface area contributed by atoms with E-state index in [1.807, 2.05) is 57.2 Å². The molecule has 1 aromatic carbocycles. The molecule has 0 unspecified atom stereocenters. The second kappa shape index (κ2) is 8.84. The van der Waals surface area contributed by atoms with Crippen LogP contribution >= 0.6 is 0 Å². The molecular weight excluding hydrogens is 312 g/mol. The van der Waals surface area contributed by atoms with Gasteiger partial charge in [0, 0.05) is 23.6 Å². The molecule has 0 aliphatic heterocycles. The van der Waals surface area contributed by atoms with Gasteiger partial charge in [0.2, 0.25) is 11.8 Å². The number of rotatable bonds is 6. The van der Waals surface area contributed by atoms with E-state index in [0.29, 0.717) is 0 Å². The third-order valence-electron chi connectivity index (χ3n) is 5.13. The summed E-state index contributed by atoms with van der Waals surface area (Å²) in [6, 6.07) is 10.2. The number of hydrogen-bond acceptors (Lipinski definition) is 2. The van der Waals surface area contributed by atoms with Gasteiger partial charge in [-0.3, -0.25) is 9.59 Å². The number of nitrogens with one attached hydrogen (secondary N) is 2. The molecule has 1 aromatic rings. The molecule has 2 amide bonds. The molecule has 1 saturated carbocycles. The summed E-state index contributed by atoms with van der Waals surface area (Å²) in [7, 11) is 0. The Bertz CT molecular complexity index is 600. The van der Waals surface area contributed by atoms with Gasteiger partial charge < -0.3 is 10.6 Å². The topological polar surface area (TPSA) is 58.2 Å². The molecule has 0 atom stereocenters. The van der Waals surface area contributed by atoms with Gasteiger partial charge in [0.1, 0.15) is 0 Å². The monoisotopic (exact) mass is 342 g/mol. The Kier molecular flexibility index (Phi) is 6.80. The van der Waals surface area contributed by atoms with Crippen LogP contribution in [0.3, 0.4) is 0 Å². The summed E-state index contributed by atoms with van der Waals surface area (Å²) in [6.45, 7) is 6.00. The molecule has 4 heteroatoms. The summed E-state index contributed by atoms with van der Waals surface area (Å²) < 4.78 is 0. The van der Waals surface area contributed by atoms with Gasteiger partial charge in [0.15, 0.2) is 0 Å². The lowest BCUT2D eigenvalue weighted by Crippen LogP contribution is -2.46. The Morgan fingerprint density at radius 2 is 1.60 bits per heavy atom. The standard InChI is InChI=1S/C21H30N2O2/c1-4-21(2,3)20(25)23-18-13-11-17(12-14-18)22-19(24)15-10-16-8-6-5-7-9-16/h5-10,15,17-18H,4,11-14H2,1-3H3,(H,22,24)(H,23,25)/b15-10+. The highest BCUT2D eigenvalue weighted by molar-refractivity contribution is 5.91. The first-order valence-corrected chi connectivity index (χ1v) is 9.25. The normalized spacial score (nSPS) is 21.1. The Morgan fingerprint density at radius 1 is 1.04 bits per heavy atom. The third kappa shape index (κ3) is 6.04. The van der Waals surface area contributed by atoms with E-state index in [0.717, 1.165) is 37.7 Å². The summed E-state index contributed by atoms with van der Waals surface area (Å²) in [6.07, 6.45) is 7.89. The van der Waals surface area contributed by atoms with Crippen LogP contribution in [0.15, 0.2) is 36.4 Å². The van der Waals surface area contributed by atoms with E-state index < -0.39 is 0 Å². The van der Waals surface area contributed by atoms with Crippen LogP contribution < -0.4 is 10.6 Å². The van der Waals surface area contributed by atoms with E-state index >= 15 is 0 Å². The molecule has 0 saturated heterocycles. The minimum Gasteiger partial charge on any atom is -0.353 e. The SMILES string of the molecule is CCC(C)(C)C(=O)NC1CCC(NC(=O)/C=C/c2ccccc2)CC1. The van der Waals surface area contributed by atoms with Gasteiger partial charge in [-0.15, -0.1) is 0 Å². The van der Waals surface area contributed by atoms with Crippen LogP contribution in [-0.4, -0.2) is 23.9 Å². The van der Waals surface area contributed by atoms with Crippen molar-refractivity contribution >= 4 is 17.9 Å². The van der Waals surface area contributed by atoms with Crippen molar-refractivity contribution in [3.05, 3.63) is 42.0 Å². The fourth-order valence-corrected chi connectivity index (χ4v) is 2.91. The van der Waals surface area contributed by atoms with Crippen LogP contribution in [0, 0.1) is 5.41 Å². The van der Waals surface area contributed by atoms with Crippen molar-refractivity contribution in [3.8, 4) is 0 Å². The molecule has 0 aromatic heterocycles. The third-order valence-corrected chi connectivity index (χ3v) is 5.13. The molecular formula is C21H30N2O2. The average molecular weight is 342 g/mol. The number of amides is 2. The highest BCUT2D eigenvalue weighted by Gasteiger charge is 2.29. The van der Waals surface area contributed by atoms with Gasteiger partial charge in [-0.2, -0.15) is 0 Å². The Hall–Kier alpha value is -2.10. The van der Waals surface area contributed by atoms with Crippen molar-refractivity contribution in [2.24, 2.45) is 5.41 Å². The highest BCUT2D eigenvalue weighted by Crippen LogP contribution is 2.23. The first-order valence-electron chi connectivity index (χ1n) is 9.25. The zero-order chi connectivity index (χ0) is 18.3. The minimum absolute atomic E-state index is 0.0524. The van der Waals surface area contributed by atoms with E-state index in [9.17, 15) is 9.59 Å². The van der Waals surface area contributed by atoms with Gasteiger partial charge in [0.25, 0.3) is 0 Å². The quantitative estimate of drug-likeness (QED) is 0.775. The van der Waals surface area contributed by atoms with Crippen molar-refractivity contribution in [1.82, 2.24) is 10.6 Å². The van der Waals surface area contributed by atoms with Crippen LogP contribution in [0.25, 0.3) is 6.08 Å². The Balaban J connectivity index is 1.74. The zero-order valence-electron chi connectivity index (χ0n) is 15.5. The van der Waals surface area contributed by atoms with E-state index in [2.05, 4.69) is 10.6 Å². The maximum atomic E-state index is 12.3. The van der Waals surface area contributed by atoms with Crippen molar-refractivity contribution in [2.45, 2.75) is 65.0 Å². The Labute approximate surface area is 151 Å². The maximum Gasteiger partial charge on any atom is 0.244 e. The highest BCUT2D eigenvalue weighted by atomic mass is 16.2. The maximum absolute atomic E-state index is 12.3. The van der Waals surface area contributed by atoms with Crippen molar-refractivity contribution < 1.29 is 9.59 Å². The molecule has 0 heterocycles. The smallest absolute Gasteiger partial charge is 0.244 e. The van der Waals surface area contributed by atoms with Gasteiger partial charge in [-0.1, -0.05) is 51.1 Å².